The molecule has 1 aromatic rings. The lowest BCUT2D eigenvalue weighted by Gasteiger charge is -2.24. The lowest BCUT2D eigenvalue weighted by atomic mass is 10.1. The van der Waals surface area contributed by atoms with Crippen molar-refractivity contribution in [3.63, 3.8) is 0 Å². The third-order valence-electron chi connectivity index (χ3n) is 6.49. The highest BCUT2D eigenvalue weighted by atomic mass is 32.2. The van der Waals surface area contributed by atoms with Gasteiger partial charge in [0, 0.05) is 37.8 Å². The molecular weight excluding hydrogens is 418 g/mol. The van der Waals surface area contributed by atoms with E-state index in [4.69, 9.17) is 4.74 Å². The Balaban J connectivity index is 1.50. The molecule has 1 aromatic carbocycles. The maximum atomic E-state index is 13.1. The molecule has 0 bridgehead atoms. The summed E-state index contributed by atoms with van der Waals surface area (Å²) < 4.78 is 33.3. The molecule has 9 heteroatoms. The Morgan fingerprint density at radius 3 is 2.55 bits per heavy atom. The predicted octanol–water partition coefficient (Wildman–Crippen LogP) is 2.60. The molecule has 8 nitrogen and oxygen atoms in total. The van der Waals surface area contributed by atoms with Crippen LogP contribution in [0.25, 0.3) is 0 Å². The summed E-state index contributed by atoms with van der Waals surface area (Å²) >= 11 is 0. The molecule has 1 saturated carbocycles. The van der Waals surface area contributed by atoms with Crippen LogP contribution in [0.2, 0.25) is 0 Å². The summed E-state index contributed by atoms with van der Waals surface area (Å²) in [4.78, 5) is 27.2. The Morgan fingerprint density at radius 2 is 1.87 bits per heavy atom. The quantitative estimate of drug-likeness (QED) is 0.690. The molecule has 1 unspecified atom stereocenters. The molecule has 2 saturated heterocycles. The summed E-state index contributed by atoms with van der Waals surface area (Å²) in [5, 5.41) is 2.83. The SMILES string of the molecule is CCOc1ccc(NC(=O)C2CC(=O)N(C3CCCC3)C2)cc1S(=O)(=O)N1CCCC1. The van der Waals surface area contributed by atoms with Gasteiger partial charge >= 0.3 is 0 Å². The summed E-state index contributed by atoms with van der Waals surface area (Å²) in [5.41, 5.74) is 0.401. The minimum Gasteiger partial charge on any atom is -0.492 e. The fourth-order valence-electron chi connectivity index (χ4n) is 4.85. The average molecular weight is 450 g/mol. The maximum absolute atomic E-state index is 13.1. The summed E-state index contributed by atoms with van der Waals surface area (Å²) in [6.45, 7) is 3.56. The predicted molar refractivity (Wildman–Crippen MR) is 116 cm³/mol. The van der Waals surface area contributed by atoms with Gasteiger partial charge in [-0.3, -0.25) is 9.59 Å². The van der Waals surface area contributed by atoms with Gasteiger partial charge in [-0.25, -0.2) is 8.42 Å². The first-order valence-electron chi connectivity index (χ1n) is 11.3. The summed E-state index contributed by atoms with van der Waals surface area (Å²) in [7, 11) is -3.70. The molecule has 1 atom stereocenters. The van der Waals surface area contributed by atoms with Gasteiger partial charge in [-0.1, -0.05) is 12.8 Å². The monoisotopic (exact) mass is 449 g/mol. The standard InChI is InChI=1S/C22H31N3O5S/c1-2-30-19-10-9-17(14-20(19)31(28,29)24-11-5-6-12-24)23-22(27)16-13-21(26)25(15-16)18-7-3-4-8-18/h9-10,14,16,18H,2-8,11-13,15H2,1H3,(H,23,27). The van der Waals surface area contributed by atoms with Crippen LogP contribution in [0.3, 0.4) is 0 Å². The zero-order valence-corrected chi connectivity index (χ0v) is 18.8. The Kier molecular flexibility index (Phi) is 6.52. The van der Waals surface area contributed by atoms with Crippen LogP contribution < -0.4 is 10.1 Å². The van der Waals surface area contributed by atoms with Gasteiger partial charge in [-0.2, -0.15) is 4.31 Å². The van der Waals surface area contributed by atoms with Crippen molar-refractivity contribution < 1.29 is 22.7 Å². The number of carbonyl (C=O) groups is 2. The fourth-order valence-corrected chi connectivity index (χ4v) is 6.52. The highest BCUT2D eigenvalue weighted by Crippen LogP contribution is 2.33. The van der Waals surface area contributed by atoms with Crippen LogP contribution >= 0.6 is 0 Å². The number of likely N-dealkylation sites (tertiary alicyclic amines) is 1. The topological polar surface area (TPSA) is 96.0 Å². The van der Waals surface area contributed by atoms with Gasteiger partial charge in [0.25, 0.3) is 0 Å². The van der Waals surface area contributed by atoms with Crippen LogP contribution in [0.4, 0.5) is 5.69 Å². The largest absolute Gasteiger partial charge is 0.492 e. The van der Waals surface area contributed by atoms with Crippen LogP contribution in [0.15, 0.2) is 23.1 Å². The van der Waals surface area contributed by atoms with E-state index in [1.165, 1.54) is 10.4 Å². The van der Waals surface area contributed by atoms with E-state index in [0.717, 1.165) is 38.5 Å². The molecule has 31 heavy (non-hydrogen) atoms. The van der Waals surface area contributed by atoms with Crippen molar-refractivity contribution in [2.24, 2.45) is 5.92 Å². The van der Waals surface area contributed by atoms with Crippen LogP contribution in [0.1, 0.15) is 51.9 Å². The van der Waals surface area contributed by atoms with Gasteiger partial charge in [0.05, 0.1) is 12.5 Å². The summed E-state index contributed by atoms with van der Waals surface area (Å²) in [6, 6.07) is 4.97. The van der Waals surface area contributed by atoms with E-state index < -0.39 is 15.9 Å². The van der Waals surface area contributed by atoms with E-state index in [-0.39, 0.29) is 34.9 Å². The van der Waals surface area contributed by atoms with Crippen molar-refractivity contribution in [1.82, 2.24) is 9.21 Å². The second-order valence-electron chi connectivity index (χ2n) is 8.58. The van der Waals surface area contributed by atoms with E-state index in [0.29, 0.717) is 31.9 Å². The number of rotatable bonds is 7. The molecule has 2 amide bonds. The molecule has 0 spiro atoms. The van der Waals surface area contributed by atoms with Gasteiger partial charge in [-0.15, -0.1) is 0 Å². The number of anilines is 1. The first kappa shape index (κ1) is 22.1. The minimum atomic E-state index is -3.70. The molecule has 0 radical (unpaired) electrons. The van der Waals surface area contributed by atoms with E-state index >= 15 is 0 Å². The molecule has 2 aliphatic heterocycles. The average Bonchev–Trinajstić information content (AvgIpc) is 3.51. The highest BCUT2D eigenvalue weighted by Gasteiger charge is 2.39. The number of amides is 2. The van der Waals surface area contributed by atoms with Gasteiger partial charge in [0.15, 0.2) is 0 Å². The van der Waals surface area contributed by atoms with E-state index in [9.17, 15) is 18.0 Å². The third kappa shape index (κ3) is 4.57. The second kappa shape index (κ2) is 9.16. The van der Waals surface area contributed by atoms with Crippen LogP contribution in [0.5, 0.6) is 5.75 Å². The zero-order chi connectivity index (χ0) is 22.0. The molecule has 4 rings (SSSR count). The second-order valence-corrected chi connectivity index (χ2v) is 10.5. The molecule has 2 heterocycles. The highest BCUT2D eigenvalue weighted by molar-refractivity contribution is 7.89. The number of hydrogen-bond acceptors (Lipinski definition) is 5. The lowest BCUT2D eigenvalue weighted by molar-refractivity contribution is -0.129. The first-order valence-corrected chi connectivity index (χ1v) is 12.7. The number of nitrogens with one attached hydrogen (secondary N) is 1. The third-order valence-corrected chi connectivity index (χ3v) is 8.41. The van der Waals surface area contributed by atoms with Crippen molar-refractivity contribution in [3.8, 4) is 5.75 Å². The molecule has 1 aliphatic carbocycles. The van der Waals surface area contributed by atoms with E-state index in [1.807, 2.05) is 4.90 Å². The number of carbonyl (C=O) groups excluding carboxylic acids is 2. The van der Waals surface area contributed by atoms with Crippen LogP contribution in [-0.4, -0.2) is 61.7 Å². The number of nitrogens with zero attached hydrogens (tertiary/aromatic N) is 2. The summed E-state index contributed by atoms with van der Waals surface area (Å²) in [6.07, 6.45) is 6.17. The van der Waals surface area contributed by atoms with Crippen LogP contribution in [-0.2, 0) is 19.6 Å². The molecular formula is C22H31N3O5S. The molecule has 3 fully saturated rings. The number of hydrogen-bond donors (Lipinski definition) is 1. The van der Waals surface area contributed by atoms with Gasteiger partial charge in [-0.05, 0) is 50.8 Å². The Bertz CT molecular complexity index is 936. The molecule has 170 valence electrons. The molecule has 1 N–H and O–H groups in total. The Hall–Kier alpha value is -2.13. The van der Waals surface area contributed by atoms with Gasteiger partial charge in [0.2, 0.25) is 21.8 Å². The van der Waals surface area contributed by atoms with Gasteiger partial charge < -0.3 is 15.0 Å². The Morgan fingerprint density at radius 1 is 1.16 bits per heavy atom. The van der Waals surface area contributed by atoms with Crippen molar-refractivity contribution >= 4 is 27.5 Å². The Labute approximate surface area is 184 Å². The first-order chi connectivity index (χ1) is 14.9. The maximum Gasteiger partial charge on any atom is 0.246 e. The lowest BCUT2D eigenvalue weighted by Crippen LogP contribution is -2.35. The number of sulfonamides is 1. The molecule has 3 aliphatic rings. The minimum absolute atomic E-state index is 0.0380. The van der Waals surface area contributed by atoms with Crippen molar-refractivity contribution in [3.05, 3.63) is 18.2 Å². The number of benzene rings is 1. The van der Waals surface area contributed by atoms with Crippen molar-refractivity contribution in [2.45, 2.75) is 62.8 Å². The van der Waals surface area contributed by atoms with Gasteiger partial charge in [0.1, 0.15) is 10.6 Å². The van der Waals surface area contributed by atoms with Crippen LogP contribution in [0, 0.1) is 5.92 Å². The van der Waals surface area contributed by atoms with Crippen molar-refractivity contribution in [1.29, 1.82) is 0 Å². The normalized spacial score (nSPS) is 22.9. The van der Waals surface area contributed by atoms with Crippen molar-refractivity contribution in [2.75, 3.05) is 31.6 Å². The summed E-state index contributed by atoms with van der Waals surface area (Å²) in [5.74, 6) is -0.340. The van der Waals surface area contributed by atoms with E-state index in [2.05, 4.69) is 5.32 Å². The molecule has 0 aromatic heterocycles. The van der Waals surface area contributed by atoms with E-state index in [1.54, 1.807) is 19.1 Å². The smallest absolute Gasteiger partial charge is 0.246 e. The fraction of sp³-hybridized carbons (Fsp3) is 0.636. The number of ether oxygens (including phenoxy) is 1. The zero-order valence-electron chi connectivity index (χ0n) is 18.0.